The summed E-state index contributed by atoms with van der Waals surface area (Å²) < 4.78 is 0. The molecule has 1 heterocycles. The second-order valence-corrected chi connectivity index (χ2v) is 4.31. The molecule has 0 aliphatic carbocycles. The number of amides is 1. The van der Waals surface area contributed by atoms with Crippen molar-refractivity contribution < 1.29 is 4.79 Å². The zero-order valence-corrected chi connectivity index (χ0v) is 11.0. The van der Waals surface area contributed by atoms with Crippen molar-refractivity contribution in [3.05, 3.63) is 36.4 Å². The Hall–Kier alpha value is -2.63. The lowest BCUT2D eigenvalue weighted by molar-refractivity contribution is -0.117. The highest BCUT2D eigenvalue weighted by molar-refractivity contribution is 5.88. The van der Waals surface area contributed by atoms with Crippen LogP contribution >= 0.6 is 0 Å². The molecule has 0 radical (unpaired) electrons. The summed E-state index contributed by atoms with van der Waals surface area (Å²) in [7, 11) is 0. The van der Waals surface area contributed by atoms with E-state index in [2.05, 4.69) is 15.3 Å². The number of hydrogen-bond donors (Lipinski definition) is 3. The van der Waals surface area contributed by atoms with Gasteiger partial charge in [-0.25, -0.2) is 4.98 Å². The Labute approximate surface area is 116 Å². The fourth-order valence-electron chi connectivity index (χ4n) is 1.76. The van der Waals surface area contributed by atoms with E-state index in [0.29, 0.717) is 18.3 Å². The summed E-state index contributed by atoms with van der Waals surface area (Å²) in [4.78, 5) is 19.1. The maximum absolute atomic E-state index is 10.5. The van der Waals surface area contributed by atoms with Crippen molar-refractivity contribution in [2.45, 2.75) is 12.8 Å². The van der Waals surface area contributed by atoms with Gasteiger partial charge in [-0.1, -0.05) is 24.3 Å². The van der Waals surface area contributed by atoms with E-state index in [4.69, 9.17) is 11.5 Å². The van der Waals surface area contributed by atoms with E-state index in [0.717, 1.165) is 17.3 Å². The molecule has 0 unspecified atom stereocenters. The Kier molecular flexibility index (Phi) is 4.49. The van der Waals surface area contributed by atoms with Crippen LogP contribution in [0.15, 0.2) is 36.4 Å². The van der Waals surface area contributed by atoms with Gasteiger partial charge in [0, 0.05) is 18.4 Å². The smallest absolute Gasteiger partial charge is 0.225 e. The molecule has 2 rings (SSSR count). The Morgan fingerprint density at radius 1 is 1.25 bits per heavy atom. The summed E-state index contributed by atoms with van der Waals surface area (Å²) in [5.74, 6) is 0.631. The highest BCUT2D eigenvalue weighted by atomic mass is 16.1. The van der Waals surface area contributed by atoms with Crippen molar-refractivity contribution in [1.29, 1.82) is 0 Å². The molecule has 2 aromatic rings. The lowest BCUT2D eigenvalue weighted by Crippen LogP contribution is -2.08. The zero-order chi connectivity index (χ0) is 14.4. The van der Waals surface area contributed by atoms with E-state index in [9.17, 15) is 4.79 Å². The molecule has 6 heteroatoms. The average molecular weight is 271 g/mol. The second kappa shape index (κ2) is 6.51. The first-order valence-corrected chi connectivity index (χ1v) is 6.36. The Balaban J connectivity index is 1.93. The van der Waals surface area contributed by atoms with E-state index in [1.807, 2.05) is 30.3 Å². The third-order valence-corrected chi connectivity index (χ3v) is 2.71. The molecule has 0 atom stereocenters. The van der Waals surface area contributed by atoms with Crippen molar-refractivity contribution in [2.75, 3.05) is 17.6 Å². The van der Waals surface area contributed by atoms with Crippen LogP contribution in [-0.2, 0) is 4.79 Å². The van der Waals surface area contributed by atoms with Crippen LogP contribution in [0, 0.1) is 0 Å². The van der Waals surface area contributed by atoms with Crippen LogP contribution in [0.2, 0.25) is 0 Å². The standard InChI is InChI=1S/C14H17N5O/c15-12(20)8-2-1-5-9-17-14-18-11-7-4-3-6-10(11)13(16)19-14/h1-4,6-7H,5,8-9H2,(H2,15,20)(H3,16,17,18,19). The molecule has 5 N–H and O–H groups in total. The van der Waals surface area contributed by atoms with Gasteiger partial charge in [0.1, 0.15) is 5.82 Å². The number of nitrogens with one attached hydrogen (secondary N) is 1. The summed E-state index contributed by atoms with van der Waals surface area (Å²) in [6.45, 7) is 0.660. The Morgan fingerprint density at radius 3 is 2.85 bits per heavy atom. The molecule has 0 aliphatic rings. The molecule has 0 saturated heterocycles. The summed E-state index contributed by atoms with van der Waals surface area (Å²) in [5, 5.41) is 3.94. The number of anilines is 2. The molecular weight excluding hydrogens is 254 g/mol. The van der Waals surface area contributed by atoms with Gasteiger partial charge in [-0.3, -0.25) is 4.79 Å². The summed E-state index contributed by atoms with van der Waals surface area (Å²) in [6.07, 6.45) is 4.66. The molecule has 1 amide bonds. The number of nitrogens with two attached hydrogens (primary N) is 2. The van der Waals surface area contributed by atoms with Crippen LogP contribution in [0.5, 0.6) is 0 Å². The van der Waals surface area contributed by atoms with Gasteiger partial charge in [-0.15, -0.1) is 0 Å². The first kappa shape index (κ1) is 13.8. The fraction of sp³-hybridized carbons (Fsp3) is 0.214. The number of hydrogen-bond acceptors (Lipinski definition) is 5. The van der Waals surface area contributed by atoms with Crippen molar-refractivity contribution in [2.24, 2.45) is 5.73 Å². The predicted molar refractivity (Wildman–Crippen MR) is 80.0 cm³/mol. The highest BCUT2D eigenvalue weighted by Crippen LogP contribution is 2.18. The van der Waals surface area contributed by atoms with Crippen molar-refractivity contribution in [3.8, 4) is 0 Å². The fourth-order valence-corrected chi connectivity index (χ4v) is 1.76. The monoisotopic (exact) mass is 271 g/mol. The number of nitrogen functional groups attached to an aromatic ring is 1. The third kappa shape index (κ3) is 3.68. The van der Waals surface area contributed by atoms with Gasteiger partial charge >= 0.3 is 0 Å². The number of aromatic nitrogens is 2. The molecule has 6 nitrogen and oxygen atoms in total. The number of rotatable bonds is 6. The topological polar surface area (TPSA) is 107 Å². The van der Waals surface area contributed by atoms with Crippen LogP contribution in [0.3, 0.4) is 0 Å². The number of primary amides is 1. The molecule has 0 fully saturated rings. The van der Waals surface area contributed by atoms with E-state index in [1.165, 1.54) is 0 Å². The molecule has 20 heavy (non-hydrogen) atoms. The first-order valence-electron chi connectivity index (χ1n) is 6.36. The molecule has 0 spiro atoms. The van der Waals surface area contributed by atoms with Gasteiger partial charge in [-0.2, -0.15) is 4.98 Å². The van der Waals surface area contributed by atoms with Crippen LogP contribution in [0.1, 0.15) is 12.8 Å². The van der Waals surface area contributed by atoms with Crippen molar-refractivity contribution >= 4 is 28.6 Å². The molecule has 1 aromatic carbocycles. The summed E-state index contributed by atoms with van der Waals surface area (Å²) >= 11 is 0. The maximum Gasteiger partial charge on any atom is 0.225 e. The van der Waals surface area contributed by atoms with Crippen molar-refractivity contribution in [1.82, 2.24) is 9.97 Å². The Morgan fingerprint density at radius 2 is 2.05 bits per heavy atom. The number of fused-ring (bicyclic) bond motifs is 1. The molecule has 0 aliphatic heterocycles. The SMILES string of the molecule is NC(=O)CC=CCCNc1nc(N)c2ccccc2n1. The van der Waals surface area contributed by atoms with Gasteiger partial charge in [0.05, 0.1) is 5.52 Å². The van der Waals surface area contributed by atoms with Gasteiger partial charge in [0.15, 0.2) is 0 Å². The summed E-state index contributed by atoms with van der Waals surface area (Å²) in [5.41, 5.74) is 11.7. The lowest BCUT2D eigenvalue weighted by Gasteiger charge is -2.06. The van der Waals surface area contributed by atoms with E-state index in [-0.39, 0.29) is 12.3 Å². The van der Waals surface area contributed by atoms with E-state index >= 15 is 0 Å². The number of nitrogens with zero attached hydrogens (tertiary/aromatic N) is 2. The highest BCUT2D eigenvalue weighted by Gasteiger charge is 2.03. The molecular formula is C14H17N5O. The van der Waals surface area contributed by atoms with E-state index < -0.39 is 0 Å². The van der Waals surface area contributed by atoms with Gasteiger partial charge < -0.3 is 16.8 Å². The normalized spacial score (nSPS) is 11.0. The van der Waals surface area contributed by atoms with Crippen LogP contribution in [-0.4, -0.2) is 22.4 Å². The Bertz CT molecular complexity index is 638. The van der Waals surface area contributed by atoms with Crippen LogP contribution < -0.4 is 16.8 Å². The number of carbonyl (C=O) groups is 1. The predicted octanol–water partition coefficient (Wildman–Crippen LogP) is 1.45. The van der Waals surface area contributed by atoms with Crippen molar-refractivity contribution in [3.63, 3.8) is 0 Å². The van der Waals surface area contributed by atoms with E-state index in [1.54, 1.807) is 6.08 Å². The maximum atomic E-state index is 10.5. The van der Waals surface area contributed by atoms with Gasteiger partial charge in [0.2, 0.25) is 11.9 Å². The number of carbonyl (C=O) groups excluding carboxylic acids is 1. The lowest BCUT2D eigenvalue weighted by atomic mass is 10.2. The van der Waals surface area contributed by atoms with Gasteiger partial charge in [0.25, 0.3) is 0 Å². The summed E-state index contributed by atoms with van der Waals surface area (Å²) in [6, 6.07) is 7.59. The second-order valence-electron chi connectivity index (χ2n) is 4.31. The van der Waals surface area contributed by atoms with Crippen LogP contribution in [0.4, 0.5) is 11.8 Å². The quantitative estimate of drug-likeness (QED) is 0.544. The minimum absolute atomic E-state index is 0.263. The van der Waals surface area contributed by atoms with Gasteiger partial charge in [-0.05, 0) is 18.6 Å². The van der Waals surface area contributed by atoms with Crippen LogP contribution in [0.25, 0.3) is 10.9 Å². The zero-order valence-electron chi connectivity index (χ0n) is 11.0. The number of benzene rings is 1. The molecule has 0 bridgehead atoms. The minimum Gasteiger partial charge on any atom is -0.383 e. The average Bonchev–Trinajstić information content (AvgIpc) is 2.42. The third-order valence-electron chi connectivity index (χ3n) is 2.71. The molecule has 0 saturated carbocycles. The molecule has 104 valence electrons. The number of para-hydroxylation sites is 1. The molecule has 1 aromatic heterocycles. The first-order chi connectivity index (χ1) is 9.66. The largest absolute Gasteiger partial charge is 0.383 e. The minimum atomic E-state index is -0.333.